The van der Waals surface area contributed by atoms with Crippen LogP contribution in [-0.2, 0) is 65.4 Å². The van der Waals surface area contributed by atoms with Gasteiger partial charge in [0.15, 0.2) is 12.2 Å². The molecule has 19 heteroatoms. The number of carbonyl (C=O) groups excluding carboxylic acids is 4. The standard InChI is InChI=1S/C73H142O17P2/c1-9-65(7)51-43-35-29-31-38-46-54-71(76)84-60-68(89-72(77)55-47-39-28-24-19-15-13-11-12-14-17-21-25-33-41-49-63(3)4)61-87-91(79,80)85-57-67(74)58-86-92(81,82)88-62-69(90-73(78)56-48-40-32-30-36-44-52-66(8)10-2)59-83-70(75)53-45-37-27-23-20-16-18-22-26-34-42-50-64(5)6/h63-69,74H,9-62H2,1-8H3,(H,79,80)(H,81,82)/t65?,66?,67-,68+,69+/m0/s1. The van der Waals surface area contributed by atoms with Crippen molar-refractivity contribution >= 4 is 39.5 Å². The molecule has 0 aromatic carbocycles. The lowest BCUT2D eigenvalue weighted by atomic mass is 10.00. The van der Waals surface area contributed by atoms with Gasteiger partial charge in [-0.25, -0.2) is 9.13 Å². The van der Waals surface area contributed by atoms with Gasteiger partial charge in [-0.1, -0.05) is 312 Å². The molecule has 92 heavy (non-hydrogen) atoms. The van der Waals surface area contributed by atoms with Crippen LogP contribution in [0, 0.1) is 23.7 Å². The molecule has 0 aliphatic carbocycles. The van der Waals surface area contributed by atoms with Gasteiger partial charge in [-0.2, -0.15) is 0 Å². The zero-order valence-corrected chi connectivity index (χ0v) is 62.0. The third-order valence-corrected chi connectivity index (χ3v) is 19.4. The number of esters is 4. The largest absolute Gasteiger partial charge is 0.472 e. The third kappa shape index (κ3) is 64.1. The highest BCUT2D eigenvalue weighted by Crippen LogP contribution is 2.45. The fourth-order valence-corrected chi connectivity index (χ4v) is 12.5. The monoisotopic (exact) mass is 1350 g/mol. The lowest BCUT2D eigenvalue weighted by Gasteiger charge is -2.21. The van der Waals surface area contributed by atoms with Crippen molar-refractivity contribution in [3.05, 3.63) is 0 Å². The summed E-state index contributed by atoms with van der Waals surface area (Å²) in [5, 5.41) is 10.6. The minimum Gasteiger partial charge on any atom is -0.462 e. The van der Waals surface area contributed by atoms with E-state index in [1.807, 2.05) is 0 Å². The summed E-state index contributed by atoms with van der Waals surface area (Å²) in [6, 6.07) is 0. The van der Waals surface area contributed by atoms with E-state index in [9.17, 15) is 43.2 Å². The van der Waals surface area contributed by atoms with Crippen LogP contribution in [0.3, 0.4) is 0 Å². The second kappa shape index (κ2) is 62.6. The van der Waals surface area contributed by atoms with Gasteiger partial charge >= 0.3 is 39.5 Å². The van der Waals surface area contributed by atoms with E-state index in [2.05, 4.69) is 55.4 Å². The van der Waals surface area contributed by atoms with Crippen molar-refractivity contribution in [3.8, 4) is 0 Å². The van der Waals surface area contributed by atoms with E-state index in [-0.39, 0.29) is 25.7 Å². The highest BCUT2D eigenvalue weighted by atomic mass is 31.2. The molecule has 0 aromatic heterocycles. The second-order valence-electron chi connectivity index (χ2n) is 27.8. The Bertz CT molecular complexity index is 1820. The van der Waals surface area contributed by atoms with Crippen molar-refractivity contribution in [2.45, 2.75) is 382 Å². The average Bonchev–Trinajstić information content (AvgIpc) is 1.65. The maximum Gasteiger partial charge on any atom is 0.472 e. The average molecular weight is 1350 g/mol. The number of aliphatic hydroxyl groups excluding tert-OH is 1. The number of hydrogen-bond donors (Lipinski definition) is 3. The van der Waals surface area contributed by atoms with Crippen molar-refractivity contribution in [3.63, 3.8) is 0 Å². The van der Waals surface area contributed by atoms with Crippen LogP contribution >= 0.6 is 15.6 Å². The Morgan fingerprint density at radius 1 is 0.304 bits per heavy atom. The Labute approximate surface area is 562 Å². The summed E-state index contributed by atoms with van der Waals surface area (Å²) >= 11 is 0. The first kappa shape index (κ1) is 90.1. The normalized spacial score (nSPS) is 14.8. The summed E-state index contributed by atoms with van der Waals surface area (Å²) < 4.78 is 68.4. The minimum atomic E-state index is -4.95. The van der Waals surface area contributed by atoms with Crippen LogP contribution in [0.15, 0.2) is 0 Å². The fraction of sp³-hybridized carbons (Fsp3) is 0.945. The summed E-state index contributed by atoms with van der Waals surface area (Å²) in [5.41, 5.74) is 0. The molecule has 0 radical (unpaired) electrons. The first-order valence-electron chi connectivity index (χ1n) is 37.8. The van der Waals surface area contributed by atoms with E-state index >= 15 is 0 Å². The maximum atomic E-state index is 13.0. The van der Waals surface area contributed by atoms with Gasteiger partial charge in [0, 0.05) is 25.7 Å². The number of ether oxygens (including phenoxy) is 4. The topological polar surface area (TPSA) is 237 Å². The summed E-state index contributed by atoms with van der Waals surface area (Å²) in [7, 11) is -9.91. The molecule has 0 spiro atoms. The van der Waals surface area contributed by atoms with E-state index in [1.54, 1.807) is 0 Å². The van der Waals surface area contributed by atoms with Gasteiger partial charge in [0.1, 0.15) is 19.3 Å². The van der Waals surface area contributed by atoms with E-state index in [0.717, 1.165) is 120 Å². The zero-order valence-electron chi connectivity index (χ0n) is 60.2. The lowest BCUT2D eigenvalue weighted by Crippen LogP contribution is -2.30. The quantitative estimate of drug-likeness (QED) is 0.0222. The predicted molar refractivity (Wildman–Crippen MR) is 372 cm³/mol. The van der Waals surface area contributed by atoms with Gasteiger partial charge in [-0.05, 0) is 49.4 Å². The number of aliphatic hydroxyl groups is 1. The van der Waals surface area contributed by atoms with Gasteiger partial charge in [0.25, 0.3) is 0 Å². The van der Waals surface area contributed by atoms with Gasteiger partial charge < -0.3 is 33.8 Å². The molecule has 0 aliphatic rings. The zero-order chi connectivity index (χ0) is 68.2. The molecule has 0 heterocycles. The molecule has 0 saturated heterocycles. The maximum absolute atomic E-state index is 13.0. The smallest absolute Gasteiger partial charge is 0.462 e. The van der Waals surface area contributed by atoms with Crippen LogP contribution in [0.5, 0.6) is 0 Å². The van der Waals surface area contributed by atoms with E-state index in [4.69, 9.17) is 37.0 Å². The van der Waals surface area contributed by atoms with Crippen molar-refractivity contribution in [1.82, 2.24) is 0 Å². The number of rotatable bonds is 70. The highest BCUT2D eigenvalue weighted by molar-refractivity contribution is 7.47. The van der Waals surface area contributed by atoms with Crippen molar-refractivity contribution in [1.29, 1.82) is 0 Å². The Kier molecular flexibility index (Phi) is 61.3. The number of phosphoric ester groups is 2. The first-order chi connectivity index (χ1) is 44.2. The van der Waals surface area contributed by atoms with Gasteiger partial charge in [0.05, 0.1) is 26.4 Å². The summed E-state index contributed by atoms with van der Waals surface area (Å²) in [5.74, 6) is 0.896. The number of unbranched alkanes of at least 4 members (excludes halogenated alkanes) is 34. The number of phosphoric acid groups is 2. The van der Waals surface area contributed by atoms with Crippen LogP contribution in [-0.4, -0.2) is 96.7 Å². The van der Waals surface area contributed by atoms with Crippen molar-refractivity contribution < 1.29 is 80.2 Å². The summed E-state index contributed by atoms with van der Waals surface area (Å²) in [6.45, 7) is 14.1. The Morgan fingerprint density at radius 3 is 0.772 bits per heavy atom. The molecule has 0 aliphatic heterocycles. The number of hydrogen-bond acceptors (Lipinski definition) is 15. The van der Waals surface area contributed by atoms with Crippen LogP contribution < -0.4 is 0 Å². The molecule has 17 nitrogen and oxygen atoms in total. The molecule has 0 fully saturated rings. The van der Waals surface area contributed by atoms with Crippen LogP contribution in [0.2, 0.25) is 0 Å². The number of carbonyl (C=O) groups is 4. The molecule has 3 N–H and O–H groups in total. The molecule has 0 saturated carbocycles. The van der Waals surface area contributed by atoms with E-state index in [0.29, 0.717) is 25.7 Å². The van der Waals surface area contributed by atoms with Gasteiger partial charge in [-0.15, -0.1) is 0 Å². The molecule has 7 atom stereocenters. The predicted octanol–water partition coefficient (Wildman–Crippen LogP) is 20.9. The Hall–Kier alpha value is -1.94. The van der Waals surface area contributed by atoms with Gasteiger partial charge in [-0.3, -0.25) is 37.3 Å². The SMILES string of the molecule is CCC(C)CCCCCCCCC(=O)OC[C@H](COP(=O)(O)OC[C@H](O)COP(=O)(O)OC[C@@H](COC(=O)CCCCCCCCCCCCCC(C)C)OC(=O)CCCCCCCCC(C)CC)OC(=O)CCCCCCCCCCCCCCCCCC(C)C. The van der Waals surface area contributed by atoms with Crippen molar-refractivity contribution in [2.75, 3.05) is 39.6 Å². The molecular weight excluding hydrogens is 1210 g/mol. The molecule has 4 unspecified atom stereocenters. The molecule has 0 bridgehead atoms. The van der Waals surface area contributed by atoms with Crippen molar-refractivity contribution in [2.24, 2.45) is 23.7 Å². The van der Waals surface area contributed by atoms with Gasteiger partial charge in [0.2, 0.25) is 0 Å². The van der Waals surface area contributed by atoms with E-state index < -0.39 is 97.5 Å². The Morgan fingerprint density at radius 2 is 0.522 bits per heavy atom. The third-order valence-electron chi connectivity index (χ3n) is 17.5. The lowest BCUT2D eigenvalue weighted by molar-refractivity contribution is -0.161. The highest BCUT2D eigenvalue weighted by Gasteiger charge is 2.30. The minimum absolute atomic E-state index is 0.102. The molecule has 546 valence electrons. The first-order valence-corrected chi connectivity index (χ1v) is 40.8. The van der Waals surface area contributed by atoms with Crippen LogP contribution in [0.4, 0.5) is 0 Å². The van der Waals surface area contributed by atoms with Crippen LogP contribution in [0.25, 0.3) is 0 Å². The molecule has 0 aromatic rings. The van der Waals surface area contributed by atoms with Crippen LogP contribution in [0.1, 0.15) is 364 Å². The summed E-state index contributed by atoms with van der Waals surface area (Å²) in [6.07, 6.45) is 45.9. The second-order valence-corrected chi connectivity index (χ2v) is 30.7. The Balaban J connectivity index is 5.22. The molecule has 0 amide bonds. The molecular formula is C73H142O17P2. The van der Waals surface area contributed by atoms with E-state index in [1.165, 1.54) is 161 Å². The fourth-order valence-electron chi connectivity index (χ4n) is 11.0. The summed E-state index contributed by atoms with van der Waals surface area (Å²) in [4.78, 5) is 72.6. The molecule has 0 rings (SSSR count).